The molecule has 0 atom stereocenters. The van der Waals surface area contributed by atoms with E-state index in [2.05, 4.69) is 21.2 Å². The number of aryl methyl sites for hydroxylation is 1. The minimum atomic E-state index is -1.01. The highest BCUT2D eigenvalue weighted by Crippen LogP contribution is 2.21. The predicted molar refractivity (Wildman–Crippen MR) is 85.0 cm³/mol. The van der Waals surface area contributed by atoms with Gasteiger partial charge in [-0.15, -0.1) is 0 Å². The average molecular weight is 348 g/mol. The lowest BCUT2D eigenvalue weighted by molar-refractivity contribution is 0.0695. The molecule has 0 bridgehead atoms. The summed E-state index contributed by atoms with van der Waals surface area (Å²) >= 11 is 3.31. The summed E-state index contributed by atoms with van der Waals surface area (Å²) in [6.07, 6.45) is 0. The molecule has 2 aromatic rings. The monoisotopic (exact) mass is 347 g/mol. The molecule has 2 aromatic carbocycles. The number of carboxylic acids is 1. The fourth-order valence-electron chi connectivity index (χ4n) is 1.99. The van der Waals surface area contributed by atoms with E-state index in [4.69, 9.17) is 0 Å². The van der Waals surface area contributed by atoms with Crippen LogP contribution in [0.25, 0.3) is 0 Å². The van der Waals surface area contributed by atoms with E-state index in [1.54, 1.807) is 31.2 Å². The van der Waals surface area contributed by atoms with E-state index in [9.17, 15) is 14.7 Å². The second-order valence-electron chi connectivity index (χ2n) is 4.74. The predicted octanol–water partition coefficient (Wildman–Crippen LogP) is 4.02. The average Bonchev–Trinajstić information content (AvgIpc) is 2.42. The molecule has 0 aliphatic heterocycles. The fraction of sp³-hybridized carbons (Fsp3) is 0.125. The maximum Gasteiger partial charge on any atom is 0.336 e. The van der Waals surface area contributed by atoms with Crippen LogP contribution in [-0.4, -0.2) is 17.0 Å². The number of carbonyl (C=O) groups excluding carboxylic acids is 1. The quantitative estimate of drug-likeness (QED) is 0.881. The third-order valence-electron chi connectivity index (χ3n) is 3.24. The Kier molecular flexibility index (Phi) is 4.43. The van der Waals surface area contributed by atoms with Gasteiger partial charge < -0.3 is 10.4 Å². The van der Waals surface area contributed by atoms with E-state index < -0.39 is 5.97 Å². The number of halogens is 1. The molecule has 2 rings (SSSR count). The summed E-state index contributed by atoms with van der Waals surface area (Å²) in [5.74, 6) is -1.29. The normalized spacial score (nSPS) is 10.2. The summed E-state index contributed by atoms with van der Waals surface area (Å²) in [6.45, 7) is 3.56. The van der Waals surface area contributed by atoms with Crippen LogP contribution in [0.15, 0.2) is 40.9 Å². The molecule has 0 heterocycles. The Morgan fingerprint density at radius 2 is 1.86 bits per heavy atom. The third kappa shape index (κ3) is 3.49. The van der Waals surface area contributed by atoms with Gasteiger partial charge in [-0.3, -0.25) is 4.79 Å². The van der Waals surface area contributed by atoms with Gasteiger partial charge in [-0.05, 0) is 55.3 Å². The molecule has 4 nitrogen and oxygen atoms in total. The van der Waals surface area contributed by atoms with Gasteiger partial charge in [0.1, 0.15) is 0 Å². The van der Waals surface area contributed by atoms with Crippen molar-refractivity contribution in [3.63, 3.8) is 0 Å². The molecule has 0 saturated heterocycles. The first-order valence-corrected chi connectivity index (χ1v) is 7.09. The van der Waals surface area contributed by atoms with Crippen LogP contribution >= 0.6 is 15.9 Å². The van der Waals surface area contributed by atoms with E-state index in [0.717, 1.165) is 10.0 Å². The Labute approximate surface area is 130 Å². The zero-order valence-electron chi connectivity index (χ0n) is 11.6. The van der Waals surface area contributed by atoms with E-state index in [1.165, 1.54) is 6.07 Å². The molecule has 0 aromatic heterocycles. The molecule has 2 N–H and O–H groups in total. The minimum Gasteiger partial charge on any atom is -0.478 e. The third-order valence-corrected chi connectivity index (χ3v) is 3.74. The van der Waals surface area contributed by atoms with Gasteiger partial charge >= 0.3 is 5.97 Å². The summed E-state index contributed by atoms with van der Waals surface area (Å²) in [7, 11) is 0. The summed E-state index contributed by atoms with van der Waals surface area (Å²) < 4.78 is 0.807. The number of nitrogens with one attached hydrogen (secondary N) is 1. The van der Waals surface area contributed by atoms with Crippen LogP contribution in [0.5, 0.6) is 0 Å². The van der Waals surface area contributed by atoms with Gasteiger partial charge in [0.15, 0.2) is 0 Å². The van der Waals surface area contributed by atoms with Crippen molar-refractivity contribution in [3.8, 4) is 0 Å². The van der Waals surface area contributed by atoms with Gasteiger partial charge in [0.05, 0.1) is 5.56 Å². The smallest absolute Gasteiger partial charge is 0.336 e. The lowest BCUT2D eigenvalue weighted by Crippen LogP contribution is -2.13. The van der Waals surface area contributed by atoms with E-state index in [1.807, 2.05) is 13.0 Å². The molecule has 0 saturated carbocycles. The van der Waals surface area contributed by atoms with Crippen molar-refractivity contribution < 1.29 is 14.7 Å². The van der Waals surface area contributed by atoms with Crippen LogP contribution in [0, 0.1) is 13.8 Å². The Morgan fingerprint density at radius 1 is 1.14 bits per heavy atom. The van der Waals surface area contributed by atoms with Crippen molar-refractivity contribution in [2.24, 2.45) is 0 Å². The Balaban J connectivity index is 2.32. The number of anilines is 1. The molecular weight excluding hydrogens is 334 g/mol. The summed E-state index contributed by atoms with van der Waals surface area (Å²) in [5, 5.41) is 11.9. The SMILES string of the molecule is Cc1cc(NC(=O)c2cccc(Br)c2)cc(C(=O)O)c1C. The Morgan fingerprint density at radius 3 is 2.48 bits per heavy atom. The lowest BCUT2D eigenvalue weighted by Gasteiger charge is -2.11. The summed E-state index contributed by atoms with van der Waals surface area (Å²) in [4.78, 5) is 23.4. The van der Waals surface area contributed by atoms with Gasteiger partial charge in [0, 0.05) is 15.7 Å². The summed E-state index contributed by atoms with van der Waals surface area (Å²) in [5.41, 5.74) is 2.68. The highest BCUT2D eigenvalue weighted by molar-refractivity contribution is 9.10. The summed E-state index contributed by atoms with van der Waals surface area (Å²) in [6, 6.07) is 10.2. The van der Waals surface area contributed by atoms with Crippen molar-refractivity contribution in [3.05, 3.63) is 63.1 Å². The number of carbonyl (C=O) groups is 2. The van der Waals surface area contributed by atoms with Gasteiger partial charge in [-0.25, -0.2) is 4.79 Å². The van der Waals surface area contributed by atoms with Crippen molar-refractivity contribution in [1.29, 1.82) is 0 Å². The first-order valence-electron chi connectivity index (χ1n) is 6.30. The zero-order chi connectivity index (χ0) is 15.6. The molecule has 0 radical (unpaired) electrons. The van der Waals surface area contributed by atoms with Gasteiger partial charge in [-0.2, -0.15) is 0 Å². The highest BCUT2D eigenvalue weighted by atomic mass is 79.9. The van der Waals surface area contributed by atoms with Crippen molar-refractivity contribution in [2.75, 3.05) is 5.32 Å². The van der Waals surface area contributed by atoms with E-state index in [0.29, 0.717) is 16.8 Å². The van der Waals surface area contributed by atoms with Crippen LogP contribution < -0.4 is 5.32 Å². The first kappa shape index (κ1) is 15.3. The van der Waals surface area contributed by atoms with Crippen LogP contribution in [-0.2, 0) is 0 Å². The fourth-order valence-corrected chi connectivity index (χ4v) is 2.39. The van der Waals surface area contributed by atoms with Crippen molar-refractivity contribution >= 4 is 33.5 Å². The molecule has 0 aliphatic carbocycles. The standard InChI is InChI=1S/C16H14BrNO3/c1-9-6-13(8-14(10(9)2)16(20)21)18-15(19)11-4-3-5-12(17)7-11/h3-8H,1-2H3,(H,18,19)(H,20,21). The van der Waals surface area contributed by atoms with Crippen LogP contribution in [0.4, 0.5) is 5.69 Å². The molecule has 108 valence electrons. The number of benzene rings is 2. The first-order chi connectivity index (χ1) is 9.88. The number of rotatable bonds is 3. The number of amides is 1. The zero-order valence-corrected chi connectivity index (χ0v) is 13.2. The molecule has 0 fully saturated rings. The molecule has 21 heavy (non-hydrogen) atoms. The second-order valence-corrected chi connectivity index (χ2v) is 5.65. The van der Waals surface area contributed by atoms with E-state index in [-0.39, 0.29) is 11.5 Å². The Hall–Kier alpha value is -2.14. The molecule has 5 heteroatoms. The van der Waals surface area contributed by atoms with Crippen molar-refractivity contribution in [1.82, 2.24) is 0 Å². The topological polar surface area (TPSA) is 66.4 Å². The molecule has 1 amide bonds. The molecule has 0 unspecified atom stereocenters. The van der Waals surface area contributed by atoms with Gasteiger partial charge in [-0.1, -0.05) is 22.0 Å². The number of hydrogen-bond donors (Lipinski definition) is 2. The minimum absolute atomic E-state index is 0.194. The van der Waals surface area contributed by atoms with Crippen LogP contribution in [0.3, 0.4) is 0 Å². The maximum absolute atomic E-state index is 12.2. The number of aromatic carboxylic acids is 1. The highest BCUT2D eigenvalue weighted by Gasteiger charge is 2.13. The number of carboxylic acid groups (broad SMARTS) is 1. The van der Waals surface area contributed by atoms with Gasteiger partial charge in [0.2, 0.25) is 0 Å². The van der Waals surface area contributed by atoms with Crippen LogP contribution in [0.1, 0.15) is 31.8 Å². The maximum atomic E-state index is 12.2. The molecule has 0 aliphatic rings. The molecule has 0 spiro atoms. The van der Waals surface area contributed by atoms with E-state index >= 15 is 0 Å². The van der Waals surface area contributed by atoms with Crippen molar-refractivity contribution in [2.45, 2.75) is 13.8 Å². The molecular formula is C16H14BrNO3. The Bertz CT molecular complexity index is 725. The van der Waals surface area contributed by atoms with Gasteiger partial charge in [0.25, 0.3) is 5.91 Å². The number of hydrogen-bond acceptors (Lipinski definition) is 2. The lowest BCUT2D eigenvalue weighted by atomic mass is 10.0. The largest absolute Gasteiger partial charge is 0.478 e. The second kappa shape index (κ2) is 6.10. The van der Waals surface area contributed by atoms with Crippen LogP contribution in [0.2, 0.25) is 0 Å².